The molecule has 2 aliphatic heterocycles. The highest BCUT2D eigenvalue weighted by Crippen LogP contribution is 2.34. The molecule has 182 valence electrons. The van der Waals surface area contributed by atoms with Crippen LogP contribution in [0.3, 0.4) is 0 Å². The van der Waals surface area contributed by atoms with E-state index in [9.17, 15) is 22.8 Å². The fourth-order valence-electron chi connectivity index (χ4n) is 4.17. The molecule has 2 aromatic rings. The van der Waals surface area contributed by atoms with Crippen molar-refractivity contribution in [1.82, 2.24) is 19.4 Å². The Bertz CT molecular complexity index is 1180. The minimum atomic E-state index is -3.82. The summed E-state index contributed by atoms with van der Waals surface area (Å²) in [4.78, 5) is 40.9. The van der Waals surface area contributed by atoms with E-state index < -0.39 is 40.0 Å². The van der Waals surface area contributed by atoms with Gasteiger partial charge in [0.2, 0.25) is 15.9 Å². The summed E-state index contributed by atoms with van der Waals surface area (Å²) < 4.78 is 37.8. The van der Waals surface area contributed by atoms with Crippen molar-refractivity contribution in [2.24, 2.45) is 0 Å². The molecular formula is C22H26N4O7S. The molecule has 3 heterocycles. The molecule has 0 radical (unpaired) electrons. The molecule has 12 heteroatoms. The largest absolute Gasteiger partial charge is 0.497 e. The van der Waals surface area contributed by atoms with E-state index in [1.54, 1.807) is 31.2 Å². The van der Waals surface area contributed by atoms with Crippen molar-refractivity contribution in [3.8, 4) is 5.75 Å². The Labute approximate surface area is 197 Å². The van der Waals surface area contributed by atoms with Crippen molar-refractivity contribution in [2.45, 2.75) is 30.3 Å². The molecule has 2 saturated heterocycles. The van der Waals surface area contributed by atoms with Gasteiger partial charge in [0.15, 0.2) is 0 Å². The van der Waals surface area contributed by atoms with Crippen molar-refractivity contribution in [1.29, 1.82) is 0 Å². The van der Waals surface area contributed by atoms with E-state index in [0.29, 0.717) is 11.5 Å². The number of nitrogens with zero attached hydrogens (tertiary/aromatic N) is 3. The second kappa shape index (κ2) is 9.11. The van der Waals surface area contributed by atoms with Gasteiger partial charge in [0.1, 0.15) is 23.6 Å². The van der Waals surface area contributed by atoms with Crippen LogP contribution in [0.5, 0.6) is 5.75 Å². The molecule has 34 heavy (non-hydrogen) atoms. The topological polar surface area (TPSA) is 129 Å². The van der Waals surface area contributed by atoms with Gasteiger partial charge in [-0.2, -0.15) is 4.31 Å². The Morgan fingerprint density at radius 3 is 2.53 bits per heavy atom. The zero-order valence-electron chi connectivity index (χ0n) is 18.9. The van der Waals surface area contributed by atoms with Crippen LogP contribution in [-0.4, -0.2) is 79.2 Å². The number of furan rings is 1. The molecule has 1 unspecified atom stereocenters. The number of urea groups is 1. The van der Waals surface area contributed by atoms with Crippen molar-refractivity contribution in [2.75, 3.05) is 33.3 Å². The van der Waals surface area contributed by atoms with Gasteiger partial charge in [-0.3, -0.25) is 14.5 Å². The molecule has 11 nitrogen and oxygen atoms in total. The minimum absolute atomic E-state index is 0.0287. The number of nitrogens with one attached hydrogen (secondary N) is 1. The predicted octanol–water partition coefficient (Wildman–Crippen LogP) is 1.02. The van der Waals surface area contributed by atoms with Crippen LogP contribution in [0.2, 0.25) is 0 Å². The van der Waals surface area contributed by atoms with Gasteiger partial charge >= 0.3 is 6.03 Å². The standard InChI is InChI=1S/C22H26N4O7S/c1-22-9-10-24(34(30,31)18-7-5-16(32-2)6-8-18)11-12-26(22)21(29)25(20(22)28)15-19(27)23-14-17-4-3-13-33-17/h3-8,13H,9-12,14-15H2,1-2H3,(H,23,27). The number of carbonyl (C=O) groups is 3. The quantitative estimate of drug-likeness (QED) is 0.574. The summed E-state index contributed by atoms with van der Waals surface area (Å²) >= 11 is 0. The Morgan fingerprint density at radius 2 is 1.88 bits per heavy atom. The highest BCUT2D eigenvalue weighted by Gasteiger charge is 2.55. The normalized spacial score (nSPS) is 21.4. The molecule has 0 spiro atoms. The molecule has 0 aliphatic carbocycles. The number of rotatable bonds is 7. The van der Waals surface area contributed by atoms with Crippen LogP contribution in [0.1, 0.15) is 19.1 Å². The summed E-state index contributed by atoms with van der Waals surface area (Å²) in [7, 11) is -2.33. The smallest absolute Gasteiger partial charge is 0.328 e. The molecule has 2 fully saturated rings. The van der Waals surface area contributed by atoms with Crippen LogP contribution >= 0.6 is 0 Å². The second-order valence-electron chi connectivity index (χ2n) is 8.29. The molecule has 4 amide bonds. The SMILES string of the molecule is COc1ccc(S(=O)(=O)N2CCN3C(=O)N(CC(=O)NCc4ccco4)C(=O)C3(C)CC2)cc1. The van der Waals surface area contributed by atoms with E-state index in [1.165, 1.54) is 34.7 Å². The minimum Gasteiger partial charge on any atom is -0.497 e. The number of benzene rings is 1. The van der Waals surface area contributed by atoms with Gasteiger partial charge in [-0.05, 0) is 49.7 Å². The first-order chi connectivity index (χ1) is 16.2. The maximum Gasteiger partial charge on any atom is 0.328 e. The van der Waals surface area contributed by atoms with Crippen molar-refractivity contribution >= 4 is 27.9 Å². The van der Waals surface area contributed by atoms with E-state index in [1.807, 2.05) is 0 Å². The van der Waals surface area contributed by atoms with Crippen LogP contribution in [0.15, 0.2) is 52.0 Å². The van der Waals surface area contributed by atoms with E-state index in [-0.39, 0.29) is 37.5 Å². The summed E-state index contributed by atoms with van der Waals surface area (Å²) in [6.07, 6.45) is 1.59. The third-order valence-electron chi connectivity index (χ3n) is 6.22. The fourth-order valence-corrected chi connectivity index (χ4v) is 5.61. The molecule has 2 aliphatic rings. The third kappa shape index (κ3) is 4.26. The van der Waals surface area contributed by atoms with Gasteiger partial charge in [0.25, 0.3) is 5.91 Å². The van der Waals surface area contributed by atoms with Crippen LogP contribution in [0, 0.1) is 0 Å². The summed E-state index contributed by atoms with van der Waals surface area (Å²) in [5.74, 6) is 0.0660. The van der Waals surface area contributed by atoms with E-state index >= 15 is 0 Å². The molecule has 1 aromatic carbocycles. The van der Waals surface area contributed by atoms with Gasteiger partial charge in [-0.25, -0.2) is 13.2 Å². The van der Waals surface area contributed by atoms with Crippen LogP contribution < -0.4 is 10.1 Å². The lowest BCUT2D eigenvalue weighted by atomic mass is 9.96. The Morgan fingerprint density at radius 1 is 1.15 bits per heavy atom. The zero-order valence-corrected chi connectivity index (χ0v) is 19.7. The number of fused-ring (bicyclic) bond motifs is 1. The molecule has 0 saturated carbocycles. The summed E-state index contributed by atoms with van der Waals surface area (Å²) in [6.45, 7) is 1.44. The molecule has 4 rings (SSSR count). The van der Waals surface area contributed by atoms with Gasteiger partial charge in [-0.1, -0.05) is 0 Å². The molecular weight excluding hydrogens is 464 g/mol. The number of carbonyl (C=O) groups excluding carboxylic acids is 3. The van der Waals surface area contributed by atoms with Crippen LogP contribution in [0.4, 0.5) is 4.79 Å². The summed E-state index contributed by atoms with van der Waals surface area (Å²) in [5.41, 5.74) is -1.23. The average Bonchev–Trinajstić information content (AvgIpc) is 3.34. The Kier molecular flexibility index (Phi) is 6.36. The zero-order chi connectivity index (χ0) is 24.5. The molecule has 1 atom stereocenters. The first-order valence-electron chi connectivity index (χ1n) is 10.7. The summed E-state index contributed by atoms with van der Waals surface area (Å²) in [5, 5.41) is 2.62. The number of sulfonamides is 1. The van der Waals surface area contributed by atoms with Gasteiger partial charge < -0.3 is 19.4 Å². The fraction of sp³-hybridized carbons (Fsp3) is 0.409. The van der Waals surface area contributed by atoms with E-state index in [0.717, 1.165) is 4.90 Å². The summed E-state index contributed by atoms with van der Waals surface area (Å²) in [6, 6.07) is 8.82. The van der Waals surface area contributed by atoms with Gasteiger partial charge in [0, 0.05) is 19.6 Å². The molecule has 1 N–H and O–H groups in total. The van der Waals surface area contributed by atoms with Crippen molar-refractivity contribution in [3.05, 3.63) is 48.4 Å². The van der Waals surface area contributed by atoms with Gasteiger partial charge in [0.05, 0.1) is 24.8 Å². The number of hydrogen-bond donors (Lipinski definition) is 1. The maximum atomic E-state index is 13.2. The van der Waals surface area contributed by atoms with E-state index in [2.05, 4.69) is 5.32 Å². The number of ether oxygens (including phenoxy) is 1. The second-order valence-corrected chi connectivity index (χ2v) is 10.2. The Balaban J connectivity index is 1.44. The molecule has 1 aromatic heterocycles. The van der Waals surface area contributed by atoms with Crippen molar-refractivity contribution in [3.63, 3.8) is 0 Å². The first kappa shape index (κ1) is 23.8. The first-order valence-corrected chi connectivity index (χ1v) is 12.2. The number of hydrogen-bond acceptors (Lipinski definition) is 7. The third-order valence-corrected chi connectivity index (χ3v) is 8.14. The Hall–Kier alpha value is -3.38. The lowest BCUT2D eigenvalue weighted by Gasteiger charge is -2.28. The lowest BCUT2D eigenvalue weighted by Crippen LogP contribution is -2.47. The number of amides is 4. The van der Waals surface area contributed by atoms with E-state index in [4.69, 9.17) is 9.15 Å². The van der Waals surface area contributed by atoms with Crippen molar-refractivity contribution < 1.29 is 32.0 Å². The highest BCUT2D eigenvalue weighted by molar-refractivity contribution is 7.89. The lowest BCUT2D eigenvalue weighted by molar-refractivity contribution is -0.135. The predicted molar refractivity (Wildman–Crippen MR) is 119 cm³/mol. The van der Waals surface area contributed by atoms with Crippen LogP contribution in [-0.2, 0) is 26.2 Å². The van der Waals surface area contributed by atoms with Gasteiger partial charge in [-0.15, -0.1) is 0 Å². The maximum absolute atomic E-state index is 13.2. The van der Waals surface area contributed by atoms with Crippen LogP contribution in [0.25, 0.3) is 0 Å². The monoisotopic (exact) mass is 490 g/mol. The average molecular weight is 491 g/mol. The number of imide groups is 1. The highest BCUT2D eigenvalue weighted by atomic mass is 32.2. The molecule has 0 bridgehead atoms. The number of methoxy groups -OCH3 is 1.